The maximum absolute atomic E-state index is 13.3. The maximum Gasteiger partial charge on any atom is 0.162 e. The summed E-state index contributed by atoms with van der Waals surface area (Å²) in [5.41, 5.74) is 0.764. The number of aliphatic hydroxyl groups excluding tert-OH is 1. The van der Waals surface area contributed by atoms with Gasteiger partial charge in [0, 0.05) is 0 Å². The molecule has 0 aromatic heterocycles. The lowest BCUT2D eigenvalue weighted by Gasteiger charge is -2.11. The van der Waals surface area contributed by atoms with Crippen molar-refractivity contribution in [3.05, 3.63) is 34.9 Å². The molecule has 1 aromatic rings. The molecule has 0 aliphatic carbocycles. The van der Waals surface area contributed by atoms with E-state index in [9.17, 15) is 8.78 Å². The monoisotopic (exact) mass is 200 g/mol. The Kier molecular flexibility index (Phi) is 3.58. The van der Waals surface area contributed by atoms with Crippen molar-refractivity contribution in [2.24, 2.45) is 5.92 Å². The van der Waals surface area contributed by atoms with Crippen molar-refractivity contribution in [2.75, 3.05) is 0 Å². The van der Waals surface area contributed by atoms with Crippen molar-refractivity contribution in [1.82, 2.24) is 0 Å². The summed E-state index contributed by atoms with van der Waals surface area (Å²) in [4.78, 5) is 0. The predicted molar refractivity (Wildman–Crippen MR) is 50.8 cm³/mol. The summed E-state index contributed by atoms with van der Waals surface area (Å²) in [5.74, 6) is -1.44. The van der Waals surface area contributed by atoms with Crippen LogP contribution in [0.4, 0.5) is 8.78 Å². The molecule has 0 heterocycles. The molecular weight excluding hydrogens is 186 g/mol. The number of benzene rings is 1. The minimum Gasteiger partial charge on any atom is -0.392 e. The molecule has 0 spiro atoms. The van der Waals surface area contributed by atoms with Gasteiger partial charge in [-0.2, -0.15) is 0 Å². The average molecular weight is 200 g/mol. The van der Waals surface area contributed by atoms with Gasteiger partial charge in [-0.05, 0) is 29.5 Å². The Bertz CT molecular complexity index is 321. The standard InChI is InChI=1S/C11H14F2O/c1-7(2)5-9-8(6-14)3-4-10(12)11(9)13/h3-4,7,14H,5-6H2,1-2H3. The number of hydrogen-bond donors (Lipinski definition) is 1. The maximum atomic E-state index is 13.3. The van der Waals surface area contributed by atoms with Crippen molar-refractivity contribution in [3.8, 4) is 0 Å². The highest BCUT2D eigenvalue weighted by Gasteiger charge is 2.13. The minimum atomic E-state index is -0.849. The lowest BCUT2D eigenvalue weighted by atomic mass is 9.97. The second-order valence-corrected chi connectivity index (χ2v) is 3.76. The van der Waals surface area contributed by atoms with Crippen LogP contribution in [0.3, 0.4) is 0 Å². The highest BCUT2D eigenvalue weighted by atomic mass is 19.2. The van der Waals surface area contributed by atoms with Crippen molar-refractivity contribution in [1.29, 1.82) is 0 Å². The third kappa shape index (κ3) is 2.29. The van der Waals surface area contributed by atoms with E-state index in [1.54, 1.807) is 0 Å². The van der Waals surface area contributed by atoms with Crippen LogP contribution < -0.4 is 0 Å². The molecule has 0 aliphatic rings. The quantitative estimate of drug-likeness (QED) is 0.795. The fourth-order valence-corrected chi connectivity index (χ4v) is 1.41. The molecule has 1 aromatic carbocycles. The first-order chi connectivity index (χ1) is 6.56. The van der Waals surface area contributed by atoms with Gasteiger partial charge in [0.1, 0.15) is 0 Å². The van der Waals surface area contributed by atoms with Gasteiger partial charge in [0.05, 0.1) is 6.61 Å². The molecule has 1 N–H and O–H groups in total. The Hall–Kier alpha value is -0.960. The van der Waals surface area contributed by atoms with Gasteiger partial charge in [-0.1, -0.05) is 19.9 Å². The van der Waals surface area contributed by atoms with Gasteiger partial charge in [-0.15, -0.1) is 0 Å². The number of aliphatic hydroxyl groups is 1. The molecule has 1 rings (SSSR count). The topological polar surface area (TPSA) is 20.2 Å². The highest BCUT2D eigenvalue weighted by molar-refractivity contribution is 5.29. The molecule has 0 radical (unpaired) electrons. The molecule has 0 unspecified atom stereocenters. The number of hydrogen-bond acceptors (Lipinski definition) is 1. The van der Waals surface area contributed by atoms with E-state index in [2.05, 4.69) is 0 Å². The van der Waals surface area contributed by atoms with E-state index in [1.165, 1.54) is 6.07 Å². The van der Waals surface area contributed by atoms with Crippen LogP contribution in [-0.2, 0) is 13.0 Å². The Morgan fingerprint density at radius 1 is 1.29 bits per heavy atom. The zero-order valence-electron chi connectivity index (χ0n) is 8.35. The van der Waals surface area contributed by atoms with Crippen molar-refractivity contribution in [3.63, 3.8) is 0 Å². The molecule has 3 heteroatoms. The van der Waals surface area contributed by atoms with Crippen LogP contribution in [0.5, 0.6) is 0 Å². The molecule has 0 amide bonds. The van der Waals surface area contributed by atoms with Crippen LogP contribution in [0.25, 0.3) is 0 Å². The molecule has 0 atom stereocenters. The first-order valence-electron chi connectivity index (χ1n) is 4.62. The molecule has 0 saturated heterocycles. The van der Waals surface area contributed by atoms with Crippen LogP contribution in [0.1, 0.15) is 25.0 Å². The van der Waals surface area contributed by atoms with Crippen LogP contribution >= 0.6 is 0 Å². The van der Waals surface area contributed by atoms with Crippen molar-refractivity contribution >= 4 is 0 Å². The van der Waals surface area contributed by atoms with Gasteiger partial charge in [0.15, 0.2) is 11.6 Å². The average Bonchev–Trinajstić information content (AvgIpc) is 2.13. The highest BCUT2D eigenvalue weighted by Crippen LogP contribution is 2.20. The van der Waals surface area contributed by atoms with E-state index in [4.69, 9.17) is 5.11 Å². The van der Waals surface area contributed by atoms with E-state index in [0.29, 0.717) is 17.5 Å². The molecule has 0 bridgehead atoms. The summed E-state index contributed by atoms with van der Waals surface area (Å²) in [5, 5.41) is 8.96. The van der Waals surface area contributed by atoms with E-state index in [-0.39, 0.29) is 12.5 Å². The largest absolute Gasteiger partial charge is 0.392 e. The summed E-state index contributed by atoms with van der Waals surface area (Å²) in [6.07, 6.45) is 0.444. The number of halogens is 2. The zero-order chi connectivity index (χ0) is 10.7. The summed E-state index contributed by atoms with van der Waals surface area (Å²) in [6.45, 7) is 3.59. The summed E-state index contributed by atoms with van der Waals surface area (Å²) >= 11 is 0. The fourth-order valence-electron chi connectivity index (χ4n) is 1.41. The minimum absolute atomic E-state index is 0.233. The van der Waals surface area contributed by atoms with Crippen molar-refractivity contribution in [2.45, 2.75) is 26.9 Å². The van der Waals surface area contributed by atoms with E-state index in [1.807, 2.05) is 13.8 Å². The second-order valence-electron chi connectivity index (χ2n) is 3.76. The smallest absolute Gasteiger partial charge is 0.162 e. The number of rotatable bonds is 3. The van der Waals surface area contributed by atoms with Gasteiger partial charge in [0.2, 0.25) is 0 Å². The zero-order valence-corrected chi connectivity index (χ0v) is 8.35. The van der Waals surface area contributed by atoms with Crippen LogP contribution in [-0.4, -0.2) is 5.11 Å². The Morgan fingerprint density at radius 3 is 2.43 bits per heavy atom. The molecule has 78 valence electrons. The van der Waals surface area contributed by atoms with E-state index >= 15 is 0 Å². The molecule has 1 nitrogen and oxygen atoms in total. The lowest BCUT2D eigenvalue weighted by Crippen LogP contribution is -2.05. The van der Waals surface area contributed by atoms with E-state index < -0.39 is 11.6 Å². The van der Waals surface area contributed by atoms with Gasteiger partial charge in [-0.3, -0.25) is 0 Å². The first-order valence-corrected chi connectivity index (χ1v) is 4.62. The third-order valence-electron chi connectivity index (χ3n) is 2.08. The Labute approximate surface area is 82.4 Å². The Morgan fingerprint density at radius 2 is 1.93 bits per heavy atom. The normalized spacial score (nSPS) is 11.0. The SMILES string of the molecule is CC(C)Cc1c(CO)ccc(F)c1F. The lowest BCUT2D eigenvalue weighted by molar-refractivity contribution is 0.278. The summed E-state index contributed by atoms with van der Waals surface area (Å²) < 4.78 is 26.2. The van der Waals surface area contributed by atoms with Crippen molar-refractivity contribution < 1.29 is 13.9 Å². The van der Waals surface area contributed by atoms with Crippen LogP contribution in [0, 0.1) is 17.6 Å². The van der Waals surface area contributed by atoms with Gasteiger partial charge >= 0.3 is 0 Å². The molecule has 14 heavy (non-hydrogen) atoms. The molecular formula is C11H14F2O. The summed E-state index contributed by atoms with van der Waals surface area (Å²) in [6, 6.07) is 2.47. The molecule has 0 saturated carbocycles. The molecule has 0 fully saturated rings. The van der Waals surface area contributed by atoms with Gasteiger partial charge in [-0.25, -0.2) is 8.78 Å². The third-order valence-corrected chi connectivity index (χ3v) is 2.08. The summed E-state index contributed by atoms with van der Waals surface area (Å²) in [7, 11) is 0. The second kappa shape index (κ2) is 4.51. The Balaban J connectivity index is 3.14. The first kappa shape index (κ1) is 11.1. The fraction of sp³-hybridized carbons (Fsp3) is 0.455. The van der Waals surface area contributed by atoms with Crippen LogP contribution in [0.15, 0.2) is 12.1 Å². The predicted octanol–water partition coefficient (Wildman–Crippen LogP) is 2.66. The van der Waals surface area contributed by atoms with E-state index in [0.717, 1.165) is 6.07 Å². The van der Waals surface area contributed by atoms with Gasteiger partial charge < -0.3 is 5.11 Å². The van der Waals surface area contributed by atoms with Crippen LogP contribution in [0.2, 0.25) is 0 Å². The molecule has 0 aliphatic heterocycles. The van der Waals surface area contributed by atoms with Gasteiger partial charge in [0.25, 0.3) is 0 Å².